The minimum atomic E-state index is -0.190. The quantitative estimate of drug-likeness (QED) is 0.702. The summed E-state index contributed by atoms with van der Waals surface area (Å²) in [5.74, 6) is 2.56. The standard InChI is InChI=1S/C25H38N4O2/c1-26(2)23(30)16-25(17-28(18-25)24(31)27(3)4)29-12-10-19(11-13-29)14-21-15-22(21)20-8-6-5-7-9-20/h5-9,19,21-22H,10-18H2,1-4H3/t21-,22?/m1/s1. The Hall–Kier alpha value is -2.08. The van der Waals surface area contributed by atoms with Crippen molar-refractivity contribution in [2.75, 3.05) is 54.4 Å². The predicted molar refractivity (Wildman–Crippen MR) is 123 cm³/mol. The number of hydrogen-bond acceptors (Lipinski definition) is 3. The van der Waals surface area contributed by atoms with Gasteiger partial charge in [-0.2, -0.15) is 0 Å². The third-order valence-electron chi connectivity index (χ3n) is 7.67. The molecule has 4 rings (SSSR count). The number of carbonyl (C=O) groups excluding carboxylic acids is 2. The molecular formula is C25H38N4O2. The van der Waals surface area contributed by atoms with Crippen LogP contribution in [0.1, 0.15) is 43.6 Å². The number of hydrogen-bond donors (Lipinski definition) is 0. The zero-order valence-corrected chi connectivity index (χ0v) is 19.6. The first-order valence-corrected chi connectivity index (χ1v) is 11.8. The summed E-state index contributed by atoms with van der Waals surface area (Å²) in [6, 6.07) is 11.0. The van der Waals surface area contributed by atoms with Crippen molar-refractivity contribution in [1.29, 1.82) is 0 Å². The SMILES string of the molecule is CN(C)C(=O)CC1(N2CCC(C[C@@H]3CC3c3ccccc3)CC2)CN(C(=O)N(C)C)C1. The van der Waals surface area contributed by atoms with Crippen LogP contribution >= 0.6 is 0 Å². The highest BCUT2D eigenvalue weighted by Crippen LogP contribution is 2.52. The van der Waals surface area contributed by atoms with Gasteiger partial charge >= 0.3 is 6.03 Å². The lowest BCUT2D eigenvalue weighted by atomic mass is 9.80. The van der Waals surface area contributed by atoms with Gasteiger partial charge in [0.05, 0.1) is 5.54 Å². The van der Waals surface area contributed by atoms with E-state index < -0.39 is 0 Å². The molecule has 0 aromatic heterocycles. The summed E-state index contributed by atoms with van der Waals surface area (Å²) in [4.78, 5) is 32.7. The van der Waals surface area contributed by atoms with Crippen molar-refractivity contribution in [3.8, 4) is 0 Å². The van der Waals surface area contributed by atoms with Crippen LogP contribution < -0.4 is 0 Å². The second kappa shape index (κ2) is 8.81. The molecule has 2 aliphatic heterocycles. The van der Waals surface area contributed by atoms with E-state index in [4.69, 9.17) is 0 Å². The van der Waals surface area contributed by atoms with Crippen molar-refractivity contribution < 1.29 is 9.59 Å². The molecule has 6 heteroatoms. The van der Waals surface area contributed by atoms with Crippen LogP contribution in [0.3, 0.4) is 0 Å². The van der Waals surface area contributed by atoms with Crippen molar-refractivity contribution in [3.05, 3.63) is 35.9 Å². The van der Waals surface area contributed by atoms with Gasteiger partial charge in [-0.05, 0) is 62.1 Å². The summed E-state index contributed by atoms with van der Waals surface area (Å²) in [5, 5.41) is 0. The molecule has 2 atom stereocenters. The van der Waals surface area contributed by atoms with Gasteiger partial charge in [0, 0.05) is 47.7 Å². The molecule has 2 heterocycles. The number of rotatable bonds is 6. The van der Waals surface area contributed by atoms with Crippen LogP contribution in [0.2, 0.25) is 0 Å². The number of nitrogens with zero attached hydrogens (tertiary/aromatic N) is 4. The summed E-state index contributed by atoms with van der Waals surface area (Å²) >= 11 is 0. The van der Waals surface area contributed by atoms with Crippen LogP contribution in [0.5, 0.6) is 0 Å². The zero-order chi connectivity index (χ0) is 22.2. The van der Waals surface area contributed by atoms with Crippen molar-refractivity contribution >= 4 is 11.9 Å². The maximum atomic E-state index is 12.6. The second-order valence-electron chi connectivity index (χ2n) is 10.4. The van der Waals surface area contributed by atoms with Crippen LogP contribution in [-0.4, -0.2) is 91.4 Å². The Balaban J connectivity index is 1.32. The summed E-state index contributed by atoms with van der Waals surface area (Å²) in [6.07, 6.45) is 5.59. The molecule has 0 bridgehead atoms. The van der Waals surface area contributed by atoms with Gasteiger partial charge in [-0.3, -0.25) is 9.69 Å². The highest BCUT2D eigenvalue weighted by atomic mass is 16.2. The summed E-state index contributed by atoms with van der Waals surface area (Å²) in [6.45, 7) is 3.40. The summed E-state index contributed by atoms with van der Waals surface area (Å²) in [7, 11) is 7.23. The average Bonchev–Trinajstić information content (AvgIpc) is 3.50. The van der Waals surface area contributed by atoms with Crippen molar-refractivity contribution in [3.63, 3.8) is 0 Å². The topological polar surface area (TPSA) is 47.1 Å². The van der Waals surface area contributed by atoms with Gasteiger partial charge in [0.1, 0.15) is 0 Å². The Morgan fingerprint density at radius 3 is 2.23 bits per heavy atom. The van der Waals surface area contributed by atoms with Gasteiger partial charge < -0.3 is 14.7 Å². The Bertz CT molecular complexity index is 780. The highest BCUT2D eigenvalue weighted by Gasteiger charge is 2.52. The van der Waals surface area contributed by atoms with E-state index in [9.17, 15) is 9.59 Å². The fourth-order valence-electron chi connectivity index (χ4n) is 5.63. The Labute approximate surface area is 187 Å². The first-order valence-electron chi connectivity index (χ1n) is 11.8. The Kier molecular flexibility index (Phi) is 6.29. The monoisotopic (exact) mass is 426 g/mol. The van der Waals surface area contributed by atoms with E-state index in [0.717, 1.165) is 30.8 Å². The maximum Gasteiger partial charge on any atom is 0.319 e. The van der Waals surface area contributed by atoms with E-state index in [0.29, 0.717) is 19.5 Å². The van der Waals surface area contributed by atoms with Gasteiger partial charge in [0.15, 0.2) is 0 Å². The lowest BCUT2D eigenvalue weighted by Gasteiger charge is -2.57. The number of amides is 3. The molecule has 3 fully saturated rings. The van der Waals surface area contributed by atoms with Crippen LogP contribution in [-0.2, 0) is 4.79 Å². The molecule has 1 aliphatic carbocycles. The highest BCUT2D eigenvalue weighted by molar-refractivity contribution is 5.79. The fourth-order valence-corrected chi connectivity index (χ4v) is 5.63. The fraction of sp³-hybridized carbons (Fsp3) is 0.680. The van der Waals surface area contributed by atoms with Gasteiger partial charge in [0.2, 0.25) is 5.91 Å². The number of likely N-dealkylation sites (tertiary alicyclic amines) is 2. The van der Waals surface area contributed by atoms with E-state index in [1.54, 1.807) is 23.9 Å². The summed E-state index contributed by atoms with van der Waals surface area (Å²) in [5.41, 5.74) is 1.32. The normalized spacial score (nSPS) is 25.6. The molecule has 170 valence electrons. The van der Waals surface area contributed by atoms with Crippen LogP contribution in [0.15, 0.2) is 30.3 Å². The molecule has 0 N–H and O–H groups in total. The first kappa shape index (κ1) is 22.1. The second-order valence-corrected chi connectivity index (χ2v) is 10.4. The van der Waals surface area contributed by atoms with E-state index >= 15 is 0 Å². The molecule has 1 unspecified atom stereocenters. The predicted octanol–water partition coefficient (Wildman–Crippen LogP) is 3.11. The molecule has 0 radical (unpaired) electrons. The summed E-state index contributed by atoms with van der Waals surface area (Å²) < 4.78 is 0. The van der Waals surface area contributed by atoms with E-state index in [1.165, 1.54) is 31.2 Å². The number of piperidine rings is 1. The Morgan fingerprint density at radius 2 is 1.65 bits per heavy atom. The third kappa shape index (κ3) is 4.74. The minimum absolute atomic E-state index is 0.0449. The molecule has 3 aliphatic rings. The average molecular weight is 427 g/mol. The van der Waals surface area contributed by atoms with E-state index in [2.05, 4.69) is 35.2 Å². The lowest BCUT2D eigenvalue weighted by molar-refractivity contribution is -0.137. The molecule has 2 saturated heterocycles. The third-order valence-corrected chi connectivity index (χ3v) is 7.67. The van der Waals surface area contributed by atoms with Crippen LogP contribution in [0, 0.1) is 11.8 Å². The zero-order valence-electron chi connectivity index (χ0n) is 19.6. The van der Waals surface area contributed by atoms with Crippen molar-refractivity contribution in [1.82, 2.24) is 19.6 Å². The molecule has 6 nitrogen and oxygen atoms in total. The Morgan fingerprint density at radius 1 is 1.00 bits per heavy atom. The van der Waals surface area contributed by atoms with Gasteiger partial charge in [-0.25, -0.2) is 4.79 Å². The molecule has 1 saturated carbocycles. The molecule has 1 aromatic rings. The van der Waals surface area contributed by atoms with Gasteiger partial charge in [-0.1, -0.05) is 30.3 Å². The smallest absolute Gasteiger partial charge is 0.319 e. The van der Waals surface area contributed by atoms with Crippen LogP contribution in [0.4, 0.5) is 4.79 Å². The van der Waals surface area contributed by atoms with Crippen LogP contribution in [0.25, 0.3) is 0 Å². The molecule has 0 spiro atoms. The van der Waals surface area contributed by atoms with E-state index in [1.807, 2.05) is 19.0 Å². The molecule has 1 aromatic carbocycles. The van der Waals surface area contributed by atoms with Crippen molar-refractivity contribution in [2.24, 2.45) is 11.8 Å². The van der Waals surface area contributed by atoms with Gasteiger partial charge in [0.25, 0.3) is 0 Å². The number of urea groups is 1. The number of benzene rings is 1. The van der Waals surface area contributed by atoms with Gasteiger partial charge in [-0.15, -0.1) is 0 Å². The molecule has 31 heavy (non-hydrogen) atoms. The molecular weight excluding hydrogens is 388 g/mol. The van der Waals surface area contributed by atoms with Crippen molar-refractivity contribution in [2.45, 2.75) is 43.6 Å². The molecule has 3 amide bonds. The maximum absolute atomic E-state index is 12.6. The minimum Gasteiger partial charge on any atom is -0.349 e. The first-order chi connectivity index (χ1) is 14.8. The lowest BCUT2D eigenvalue weighted by Crippen LogP contribution is -2.73. The number of carbonyl (C=O) groups is 2. The largest absolute Gasteiger partial charge is 0.349 e. The van der Waals surface area contributed by atoms with E-state index in [-0.39, 0.29) is 17.5 Å².